The van der Waals surface area contributed by atoms with Gasteiger partial charge in [0.05, 0.1) is 31.2 Å². The largest absolute Gasteiger partial charge is 0.481 e. The van der Waals surface area contributed by atoms with Gasteiger partial charge in [-0.3, -0.25) is 67.1 Å². The van der Waals surface area contributed by atoms with Gasteiger partial charge in [-0.1, -0.05) is 82.3 Å². The first-order chi connectivity index (χ1) is 50.3. The number of aliphatic hydroxyl groups excluding tert-OH is 1. The zero-order valence-electron chi connectivity index (χ0n) is 59.3. The van der Waals surface area contributed by atoms with Crippen LogP contribution in [0, 0.1) is 17.8 Å². The number of hydrogen-bond acceptors (Lipinski definition) is 20. The third kappa shape index (κ3) is 22.0. The molecule has 572 valence electrons. The Morgan fingerprint density at radius 3 is 1.70 bits per heavy atom. The lowest BCUT2D eigenvalue weighted by molar-refractivity contribution is -0.150. The number of hydrogen-bond donors (Lipinski definition) is 17. The lowest BCUT2D eigenvalue weighted by Gasteiger charge is -2.37. The Bertz CT molecular complexity index is 4110. The third-order valence-corrected chi connectivity index (χ3v) is 22.0. The molecule has 3 aromatic carbocycles. The molecule has 8 rings (SSSR count). The van der Waals surface area contributed by atoms with Crippen LogP contribution in [0.2, 0.25) is 0 Å². The molecule has 0 radical (unpaired) electrons. The Morgan fingerprint density at radius 2 is 1.13 bits per heavy atom. The molecule has 3 aliphatic heterocycles. The van der Waals surface area contributed by atoms with Gasteiger partial charge in [-0.2, -0.15) is 35.3 Å². The van der Waals surface area contributed by atoms with Gasteiger partial charge in [0.1, 0.15) is 42.3 Å². The van der Waals surface area contributed by atoms with Crippen LogP contribution in [0.1, 0.15) is 101 Å². The Balaban J connectivity index is 1.19. The zero-order valence-corrected chi connectivity index (χ0v) is 61.7. The van der Waals surface area contributed by atoms with Crippen LogP contribution in [0.3, 0.4) is 0 Å². The van der Waals surface area contributed by atoms with E-state index in [1.54, 1.807) is 74.8 Å². The lowest BCUT2D eigenvalue weighted by Crippen LogP contribution is -2.66. The van der Waals surface area contributed by atoms with E-state index in [2.05, 4.69) is 57.8 Å². The fraction of sp³-hybridized carbons (Fsp3) is 0.493. The SMILES string of the molecule is CC(C)[C@H]1CC(=O)[C@@H](Cc2c[nH]c3ccccc23)NC(=O)CNC(=O)[C@H](CC(=O)O)NC(=O)[C@@H](C(C)C)NC(=O)[C@H](Cc2c[nH]c3ccccc23)NC(=O)[C@@H]2CSCc3cc(cc(c3)CSC[C@H](N)C(=O)N[C@H]([C@@H](C)O)C(=O)N[C@H](CCC(=O)O)C(=O)N2)CSC[C@@H](C(N)=O)NC(=O)[C@@]2(N)CCCN2C1=O. The first kappa shape index (κ1) is 82.1. The molecule has 0 unspecified atom stereocenters. The molecule has 2 aromatic heterocycles. The number of benzene rings is 3. The molecule has 106 heavy (non-hydrogen) atoms. The number of H-pyrrole nitrogens is 2. The molecule has 1 saturated heterocycles. The molecule has 20 N–H and O–H groups in total. The van der Waals surface area contributed by atoms with Gasteiger partial charge in [0.2, 0.25) is 59.1 Å². The molecule has 11 amide bonds. The van der Waals surface area contributed by atoms with Crippen LogP contribution in [-0.4, -0.2) is 209 Å². The molecule has 0 spiro atoms. The van der Waals surface area contributed by atoms with Crippen molar-refractivity contribution in [2.45, 2.75) is 169 Å². The summed E-state index contributed by atoms with van der Waals surface area (Å²) in [6, 6.07) is 5.57. The predicted molar refractivity (Wildman–Crippen MR) is 396 cm³/mol. The number of aromatic amines is 2. The number of nitrogens with two attached hydrogens (primary N) is 3. The Kier molecular flexibility index (Phi) is 29.1. The van der Waals surface area contributed by atoms with Crippen molar-refractivity contribution in [3.05, 3.63) is 107 Å². The number of carboxylic acid groups (broad SMARTS) is 2. The van der Waals surface area contributed by atoms with Gasteiger partial charge in [0.25, 0.3) is 5.91 Å². The Labute approximate surface area is 623 Å². The van der Waals surface area contributed by atoms with Crippen LogP contribution in [0.15, 0.2) is 79.1 Å². The van der Waals surface area contributed by atoms with Crippen LogP contribution in [0.4, 0.5) is 0 Å². The summed E-state index contributed by atoms with van der Waals surface area (Å²) in [6.07, 6.45) is -1.34. The smallest absolute Gasteiger partial charge is 0.305 e. The van der Waals surface area contributed by atoms with Crippen LogP contribution in [0.5, 0.6) is 0 Å². The molecule has 5 heterocycles. The number of aromatic nitrogens is 2. The first-order valence-electron chi connectivity index (χ1n) is 34.7. The average Bonchev–Trinajstić information content (AvgIpc) is 1.63. The molecule has 4 bridgehead atoms. The van der Waals surface area contributed by atoms with Crippen molar-refractivity contribution >= 4 is 140 Å². The topological polar surface area (TPSA) is 521 Å². The fourth-order valence-electron chi connectivity index (χ4n) is 12.7. The zero-order chi connectivity index (χ0) is 77.3. The monoisotopic (exact) mass is 1520 g/mol. The van der Waals surface area contributed by atoms with E-state index in [0.717, 1.165) is 11.8 Å². The van der Waals surface area contributed by atoms with Crippen molar-refractivity contribution in [2.75, 3.05) is 30.3 Å². The Morgan fingerprint density at radius 1 is 0.594 bits per heavy atom. The number of nitrogens with zero attached hydrogens (tertiary/aromatic N) is 1. The van der Waals surface area contributed by atoms with Crippen molar-refractivity contribution in [1.29, 1.82) is 0 Å². The average molecular weight is 1520 g/mol. The number of aliphatic carboxylic acids is 2. The number of aliphatic hydroxyl groups is 1. The molecular formula is C71H93N15O17S3. The van der Waals surface area contributed by atoms with Crippen molar-refractivity contribution in [1.82, 2.24) is 62.7 Å². The van der Waals surface area contributed by atoms with Crippen molar-refractivity contribution in [3.63, 3.8) is 0 Å². The number of carbonyl (C=O) groups is 14. The van der Waals surface area contributed by atoms with E-state index in [1.165, 1.54) is 49.2 Å². The maximum atomic E-state index is 15.2. The molecule has 5 aromatic rings. The quantitative estimate of drug-likeness (QED) is 0.0710. The molecule has 0 aliphatic carbocycles. The number of ketones is 1. The summed E-state index contributed by atoms with van der Waals surface area (Å²) in [6.45, 7) is 6.77. The van der Waals surface area contributed by atoms with Crippen molar-refractivity contribution in [2.24, 2.45) is 35.0 Å². The van der Waals surface area contributed by atoms with Crippen LogP contribution >= 0.6 is 35.3 Å². The number of carbonyl (C=O) groups excluding carboxylic acids is 12. The number of para-hydroxylation sites is 2. The van der Waals surface area contributed by atoms with Gasteiger partial charge in [0, 0.05) is 107 Å². The van der Waals surface area contributed by atoms with Gasteiger partial charge in [-0.15, -0.1) is 0 Å². The molecule has 35 heteroatoms. The van der Waals surface area contributed by atoms with Crippen molar-refractivity contribution in [3.8, 4) is 0 Å². The van der Waals surface area contributed by atoms with E-state index in [0.29, 0.717) is 49.6 Å². The number of nitrogens with one attached hydrogen (secondary N) is 11. The highest BCUT2D eigenvalue weighted by Crippen LogP contribution is 2.32. The fourth-order valence-corrected chi connectivity index (χ4v) is 15.7. The van der Waals surface area contributed by atoms with Gasteiger partial charge >= 0.3 is 11.9 Å². The number of amides is 11. The van der Waals surface area contributed by atoms with E-state index >= 15 is 9.59 Å². The number of primary amides is 1. The van der Waals surface area contributed by atoms with Crippen LogP contribution in [0.25, 0.3) is 21.8 Å². The second kappa shape index (κ2) is 37.6. The molecule has 1 fully saturated rings. The minimum absolute atomic E-state index is 0.00534. The van der Waals surface area contributed by atoms with E-state index in [1.807, 2.05) is 18.2 Å². The van der Waals surface area contributed by atoms with Crippen molar-refractivity contribution < 1.29 is 82.4 Å². The lowest BCUT2D eigenvalue weighted by atomic mass is 9.86. The maximum absolute atomic E-state index is 15.2. The van der Waals surface area contributed by atoms with Gasteiger partial charge in [-0.25, -0.2) is 0 Å². The summed E-state index contributed by atoms with van der Waals surface area (Å²) in [5, 5.41) is 55.1. The summed E-state index contributed by atoms with van der Waals surface area (Å²) in [7, 11) is 0. The van der Waals surface area contributed by atoms with E-state index in [4.69, 9.17) is 17.2 Å². The second-order valence-electron chi connectivity index (χ2n) is 27.5. The standard InChI is InChI=1S/C71H93N15O17S3/c1-35(2)45-24-55(88)50(22-41-26-75-47-13-8-6-11-43(41)47)78-56(89)28-77-63(96)52(25-58(92)93)81-67(100)59(36(3)4)84-65(98)51(23-42-27-76-48-14-9-7-12-44(42)48)80-66(99)54-34-106-31-40-20-38(19-39(21-40)30-105-33-53(61(73)94)83-70(103)71(74)17-10-18-86(71)69(45)102)29-104-32-46(72)62(95)85-60(37(5)87)68(101)79-49(64(97)82-54)15-16-57(90)91/h6-9,11-14,19-21,26-27,35-37,45-46,49-54,59-60,75-76,87H,10,15-18,22-25,28-34,72,74H2,1-5H3,(H2,73,94)(H,77,96)(H,78,89)(H,79,101)(H,80,99)(H,81,100)(H,82,97)(H,83,103)(H,84,98)(H,85,95)(H,90,91)(H,92,93)/t37-,45-,46+,49-,50-,51+,52+,53+,54+,59-,60-,71-/m1/s1. The minimum atomic E-state index is -2.03. The third-order valence-electron chi connectivity index (χ3n) is 18.6. The number of rotatable bonds is 13. The van der Waals surface area contributed by atoms with Gasteiger partial charge in [-0.05, 0) is 78.0 Å². The number of carboxylic acids is 2. The number of fused-ring (bicyclic) bond motifs is 8. The number of Topliss-reactive ketones (excluding diaryl/α,β-unsaturated/α-hetero) is 1. The minimum Gasteiger partial charge on any atom is -0.481 e. The maximum Gasteiger partial charge on any atom is 0.305 e. The summed E-state index contributed by atoms with van der Waals surface area (Å²) >= 11 is 3.60. The summed E-state index contributed by atoms with van der Waals surface area (Å²) in [5.41, 5.74) is 21.7. The molecule has 32 nitrogen and oxygen atoms in total. The molecule has 12 atom stereocenters. The predicted octanol–water partition coefficient (Wildman–Crippen LogP) is -0.446. The first-order valence-corrected chi connectivity index (χ1v) is 38.2. The van der Waals surface area contributed by atoms with Gasteiger partial charge < -0.3 is 95.2 Å². The molecule has 3 aliphatic rings. The van der Waals surface area contributed by atoms with Crippen LogP contribution in [-0.2, 0) is 97.2 Å². The summed E-state index contributed by atoms with van der Waals surface area (Å²) < 4.78 is 0. The highest BCUT2D eigenvalue weighted by Gasteiger charge is 2.50. The second-order valence-corrected chi connectivity index (χ2v) is 30.6. The summed E-state index contributed by atoms with van der Waals surface area (Å²) in [5.74, 6) is -16.6. The normalized spacial score (nSPS) is 25.9. The van der Waals surface area contributed by atoms with E-state index < -0.39 is 199 Å². The van der Waals surface area contributed by atoms with Crippen LogP contribution < -0.4 is 65.1 Å². The Hall–Kier alpha value is -9.55. The molecule has 0 saturated carbocycles. The summed E-state index contributed by atoms with van der Waals surface area (Å²) in [4.78, 5) is 205. The number of thioether (sulfide) groups is 3. The van der Waals surface area contributed by atoms with E-state index in [9.17, 15) is 72.9 Å². The van der Waals surface area contributed by atoms with E-state index in [-0.39, 0.29) is 66.7 Å². The highest BCUT2D eigenvalue weighted by atomic mass is 32.2. The van der Waals surface area contributed by atoms with Gasteiger partial charge in [0.15, 0.2) is 11.4 Å². The highest BCUT2D eigenvalue weighted by molar-refractivity contribution is 7.99. The molecular weight excluding hydrogens is 1430 g/mol.